The molecule has 3 aromatic rings. The van der Waals surface area contributed by atoms with Gasteiger partial charge in [0, 0.05) is 34.5 Å². The molecule has 2 aliphatic heterocycles. The van der Waals surface area contributed by atoms with E-state index in [0.29, 0.717) is 28.4 Å². The van der Waals surface area contributed by atoms with Crippen LogP contribution in [0.2, 0.25) is 0 Å². The molecule has 1 aromatic heterocycles. The molecule has 0 saturated carbocycles. The molecule has 0 atom stereocenters. The summed E-state index contributed by atoms with van der Waals surface area (Å²) >= 11 is 0. The summed E-state index contributed by atoms with van der Waals surface area (Å²) in [6.07, 6.45) is 5.08. The van der Waals surface area contributed by atoms with Gasteiger partial charge in [0.1, 0.15) is 0 Å². The molecule has 3 heterocycles. The van der Waals surface area contributed by atoms with Crippen molar-refractivity contribution in [1.29, 1.82) is 0 Å². The number of H-pyrrole nitrogens is 1. The summed E-state index contributed by atoms with van der Waals surface area (Å²) in [5.74, 6) is 0.210. The Hall–Kier alpha value is -3.16. The van der Waals surface area contributed by atoms with Gasteiger partial charge in [-0.25, -0.2) is 8.42 Å². The van der Waals surface area contributed by atoms with Gasteiger partial charge in [-0.05, 0) is 62.0 Å². The number of fused-ring (bicyclic) bond motifs is 1. The summed E-state index contributed by atoms with van der Waals surface area (Å²) in [7, 11) is -3.49. The van der Waals surface area contributed by atoms with E-state index in [9.17, 15) is 13.2 Å². The zero-order valence-corrected chi connectivity index (χ0v) is 19.6. The number of benzene rings is 2. The van der Waals surface area contributed by atoms with E-state index in [2.05, 4.69) is 21.7 Å². The largest absolute Gasteiger partial charge is 0.357 e. The predicted molar refractivity (Wildman–Crippen MR) is 132 cm³/mol. The number of aromatic nitrogens is 1. The smallest absolute Gasteiger partial charge is 0.256 e. The zero-order valence-electron chi connectivity index (χ0n) is 18.7. The first-order valence-electron chi connectivity index (χ1n) is 11.2. The number of aryl methyl sites for hydroxylation is 1. The Morgan fingerprint density at radius 3 is 2.39 bits per heavy atom. The van der Waals surface area contributed by atoms with Crippen molar-refractivity contribution in [1.82, 2.24) is 10.3 Å². The Bertz CT molecular complexity index is 1370. The molecule has 0 spiro atoms. The average molecular weight is 462 g/mol. The van der Waals surface area contributed by atoms with Crippen molar-refractivity contribution in [2.24, 2.45) is 0 Å². The number of anilines is 1. The van der Waals surface area contributed by atoms with Crippen molar-refractivity contribution in [2.45, 2.75) is 30.6 Å². The highest BCUT2D eigenvalue weighted by Crippen LogP contribution is 2.42. The van der Waals surface area contributed by atoms with Crippen molar-refractivity contribution in [2.75, 3.05) is 24.7 Å². The Kier molecular flexibility index (Phi) is 5.46. The van der Waals surface area contributed by atoms with Crippen LogP contribution in [-0.2, 0) is 14.6 Å². The maximum atomic E-state index is 13.1. The summed E-state index contributed by atoms with van der Waals surface area (Å²) in [6.45, 7) is 3.68. The van der Waals surface area contributed by atoms with Gasteiger partial charge >= 0.3 is 0 Å². The molecular formula is C26H27N3O3S. The normalized spacial score (nSPS) is 17.9. The van der Waals surface area contributed by atoms with Crippen LogP contribution in [0.3, 0.4) is 0 Å². The number of rotatable bonds is 4. The van der Waals surface area contributed by atoms with E-state index in [0.717, 1.165) is 42.7 Å². The molecule has 2 aromatic carbocycles. The molecule has 0 aliphatic carbocycles. The third-order valence-corrected chi connectivity index (χ3v) is 7.77. The fourth-order valence-electron chi connectivity index (χ4n) is 5.13. The van der Waals surface area contributed by atoms with E-state index in [1.54, 1.807) is 6.92 Å². The maximum Gasteiger partial charge on any atom is 0.256 e. The minimum atomic E-state index is -3.49. The second-order valence-corrected chi connectivity index (χ2v) is 10.8. The SMILES string of the molecule is Cc1[nH]c(/C=C2\C(=O)Nc3cccc(C4CCNCC4)c32)c(-c2ccccc2)c1S(C)(=O)=O. The van der Waals surface area contributed by atoms with Gasteiger partial charge in [0.2, 0.25) is 0 Å². The minimum absolute atomic E-state index is 0.168. The van der Waals surface area contributed by atoms with E-state index in [-0.39, 0.29) is 10.8 Å². The van der Waals surface area contributed by atoms with Gasteiger partial charge in [0.15, 0.2) is 9.84 Å². The first-order chi connectivity index (χ1) is 15.8. The number of piperidine rings is 1. The van der Waals surface area contributed by atoms with Gasteiger partial charge < -0.3 is 15.6 Å². The van der Waals surface area contributed by atoms with Crippen LogP contribution in [0.15, 0.2) is 53.4 Å². The quantitative estimate of drug-likeness (QED) is 0.504. The first-order valence-corrected chi connectivity index (χ1v) is 13.1. The summed E-state index contributed by atoms with van der Waals surface area (Å²) in [6, 6.07) is 15.5. The summed E-state index contributed by atoms with van der Waals surface area (Å²) in [4.78, 5) is 16.6. The number of carbonyl (C=O) groups is 1. The molecule has 1 fully saturated rings. The molecule has 2 aliphatic rings. The molecule has 1 amide bonds. The number of sulfone groups is 1. The highest BCUT2D eigenvalue weighted by Gasteiger charge is 2.31. The van der Waals surface area contributed by atoms with Crippen molar-refractivity contribution in [3.05, 3.63) is 71.0 Å². The Morgan fingerprint density at radius 2 is 1.70 bits per heavy atom. The second kappa shape index (κ2) is 8.32. The lowest BCUT2D eigenvalue weighted by atomic mass is 9.85. The first kappa shape index (κ1) is 21.7. The van der Waals surface area contributed by atoms with Crippen molar-refractivity contribution < 1.29 is 13.2 Å². The van der Waals surface area contributed by atoms with E-state index in [1.807, 2.05) is 48.5 Å². The molecule has 3 N–H and O–H groups in total. The highest BCUT2D eigenvalue weighted by molar-refractivity contribution is 7.91. The maximum absolute atomic E-state index is 13.1. The number of hydrogen-bond donors (Lipinski definition) is 3. The van der Waals surface area contributed by atoms with Crippen LogP contribution in [0.4, 0.5) is 5.69 Å². The van der Waals surface area contributed by atoms with Crippen LogP contribution in [-0.4, -0.2) is 38.7 Å². The van der Waals surface area contributed by atoms with Crippen molar-refractivity contribution in [3.8, 4) is 11.1 Å². The van der Waals surface area contributed by atoms with Crippen LogP contribution in [0.25, 0.3) is 22.8 Å². The molecule has 7 heteroatoms. The second-order valence-electron chi connectivity index (χ2n) is 8.81. The molecule has 33 heavy (non-hydrogen) atoms. The van der Waals surface area contributed by atoms with Gasteiger partial charge in [0.25, 0.3) is 5.91 Å². The molecule has 0 radical (unpaired) electrons. The molecule has 0 unspecified atom stereocenters. The summed E-state index contributed by atoms with van der Waals surface area (Å²) < 4.78 is 25.4. The van der Waals surface area contributed by atoms with E-state index >= 15 is 0 Å². The van der Waals surface area contributed by atoms with Crippen LogP contribution in [0.5, 0.6) is 0 Å². The van der Waals surface area contributed by atoms with Gasteiger partial charge in [-0.3, -0.25) is 4.79 Å². The third kappa shape index (κ3) is 3.92. The van der Waals surface area contributed by atoms with Crippen LogP contribution < -0.4 is 10.6 Å². The van der Waals surface area contributed by atoms with Crippen LogP contribution in [0, 0.1) is 6.92 Å². The minimum Gasteiger partial charge on any atom is -0.357 e. The van der Waals surface area contributed by atoms with Gasteiger partial charge in [-0.2, -0.15) is 0 Å². The predicted octanol–water partition coefficient (Wildman–Crippen LogP) is 4.35. The van der Waals surface area contributed by atoms with Gasteiger partial charge in [-0.1, -0.05) is 42.5 Å². The Labute approximate surface area is 194 Å². The Morgan fingerprint density at radius 1 is 0.970 bits per heavy atom. The number of aromatic amines is 1. The van der Waals surface area contributed by atoms with Crippen molar-refractivity contribution in [3.63, 3.8) is 0 Å². The number of hydrogen-bond acceptors (Lipinski definition) is 4. The molecular weight excluding hydrogens is 434 g/mol. The number of amides is 1. The van der Waals surface area contributed by atoms with Gasteiger partial charge in [-0.15, -0.1) is 0 Å². The number of nitrogens with one attached hydrogen (secondary N) is 3. The molecule has 170 valence electrons. The fraction of sp³-hybridized carbons (Fsp3) is 0.269. The average Bonchev–Trinajstić information content (AvgIpc) is 3.31. The molecule has 5 rings (SSSR count). The lowest BCUT2D eigenvalue weighted by Gasteiger charge is -2.25. The monoisotopic (exact) mass is 461 g/mol. The fourth-order valence-corrected chi connectivity index (χ4v) is 6.33. The van der Waals surface area contributed by atoms with E-state index in [4.69, 9.17) is 0 Å². The lowest BCUT2D eigenvalue weighted by Crippen LogP contribution is -2.27. The third-order valence-electron chi connectivity index (χ3n) is 6.52. The standard InChI is InChI=1S/C26H27N3O3S/c1-16-25(33(2,31)32)23(18-7-4-3-5-8-18)22(28-16)15-20-24-19(17-11-13-27-14-12-17)9-6-10-21(24)29-26(20)30/h3-10,15,17,27-28H,11-14H2,1-2H3,(H,29,30)/b20-15-. The lowest BCUT2D eigenvalue weighted by molar-refractivity contribution is -0.110. The van der Waals surface area contributed by atoms with Crippen LogP contribution >= 0.6 is 0 Å². The topological polar surface area (TPSA) is 91.1 Å². The summed E-state index contributed by atoms with van der Waals surface area (Å²) in [5.41, 5.74) is 6.06. The zero-order chi connectivity index (χ0) is 23.2. The Balaban J connectivity index is 1.72. The molecule has 1 saturated heterocycles. The molecule has 0 bridgehead atoms. The van der Waals surface area contributed by atoms with Gasteiger partial charge in [0.05, 0.1) is 10.5 Å². The summed E-state index contributed by atoms with van der Waals surface area (Å²) in [5, 5.41) is 6.40. The number of carbonyl (C=O) groups excluding carboxylic acids is 1. The molecule has 6 nitrogen and oxygen atoms in total. The van der Waals surface area contributed by atoms with Crippen molar-refractivity contribution >= 4 is 33.1 Å². The highest BCUT2D eigenvalue weighted by atomic mass is 32.2. The van der Waals surface area contributed by atoms with Crippen LogP contribution in [0.1, 0.15) is 41.3 Å². The van der Waals surface area contributed by atoms with E-state index in [1.165, 1.54) is 11.8 Å². The van der Waals surface area contributed by atoms with E-state index < -0.39 is 9.84 Å².